The molecule has 2 nitrogen and oxygen atoms in total. The maximum atomic E-state index is 5.30. The first-order chi connectivity index (χ1) is 27.5. The molecule has 0 fully saturated rings. The topological polar surface area (TPSA) is 25.8 Å². The van der Waals surface area contributed by atoms with E-state index in [1.165, 1.54) is 75.5 Å². The van der Waals surface area contributed by atoms with E-state index in [2.05, 4.69) is 190 Å². The van der Waals surface area contributed by atoms with Crippen molar-refractivity contribution in [1.82, 2.24) is 9.97 Å². The van der Waals surface area contributed by atoms with E-state index in [1.807, 2.05) is 17.4 Å². The maximum Gasteiger partial charge on any atom is 0.160 e. The maximum absolute atomic E-state index is 5.30. The number of fused-ring (bicyclic) bond motifs is 7. The zero-order valence-electron chi connectivity index (χ0n) is 31.1. The van der Waals surface area contributed by atoms with Crippen molar-refractivity contribution in [2.24, 2.45) is 0 Å². The summed E-state index contributed by atoms with van der Waals surface area (Å²) in [6, 6.07) is 65.8. The lowest BCUT2D eigenvalue weighted by atomic mass is 9.81. The molecule has 2 aromatic heterocycles. The molecule has 8 aromatic carbocycles. The number of aromatic nitrogens is 2. The molecule has 3 heteroatoms. The standard InChI is InChI=1S/C53H36N2S/c1-53(2)45-24-13-23-43(50(45)44-30-36-16-6-7-17-37(36)31-46(44)53)48-32-47(54-52(55-48)35-14-4-3-5-15-35)34-28-26-33(27-29-34)38-18-8-9-19-39(38)41-21-12-22-42-40-20-10-11-25-49(40)56-51(41)42/h3-32H,1-2H3. The number of thiophene rings is 1. The first-order valence-corrected chi connectivity index (χ1v) is 20.1. The number of nitrogens with zero attached hydrogens (tertiary/aromatic N) is 2. The van der Waals surface area contributed by atoms with E-state index in [-0.39, 0.29) is 5.41 Å². The van der Waals surface area contributed by atoms with Crippen molar-refractivity contribution < 1.29 is 0 Å². The van der Waals surface area contributed by atoms with Crippen LogP contribution in [0.2, 0.25) is 0 Å². The lowest BCUT2D eigenvalue weighted by Gasteiger charge is -2.22. The smallest absolute Gasteiger partial charge is 0.160 e. The molecule has 2 heterocycles. The van der Waals surface area contributed by atoms with Gasteiger partial charge in [-0.15, -0.1) is 11.3 Å². The Balaban J connectivity index is 1.04. The number of hydrogen-bond acceptors (Lipinski definition) is 3. The first-order valence-electron chi connectivity index (χ1n) is 19.2. The number of rotatable bonds is 5. The predicted molar refractivity (Wildman–Crippen MR) is 237 cm³/mol. The highest BCUT2D eigenvalue weighted by molar-refractivity contribution is 7.26. The minimum absolute atomic E-state index is 0.141. The van der Waals surface area contributed by atoms with Crippen LogP contribution in [0, 0.1) is 0 Å². The van der Waals surface area contributed by atoms with Gasteiger partial charge in [0.15, 0.2) is 5.82 Å². The van der Waals surface area contributed by atoms with Gasteiger partial charge in [0.25, 0.3) is 0 Å². The predicted octanol–water partition coefficient (Wildman–Crippen LogP) is 14.6. The molecule has 1 aliphatic rings. The van der Waals surface area contributed by atoms with Gasteiger partial charge in [-0.2, -0.15) is 0 Å². The van der Waals surface area contributed by atoms with Crippen molar-refractivity contribution >= 4 is 42.3 Å². The zero-order chi connectivity index (χ0) is 37.4. The van der Waals surface area contributed by atoms with E-state index in [1.54, 1.807) is 0 Å². The Morgan fingerprint density at radius 3 is 1.88 bits per heavy atom. The summed E-state index contributed by atoms with van der Waals surface area (Å²) in [5, 5.41) is 5.15. The quantitative estimate of drug-likeness (QED) is 0.176. The van der Waals surface area contributed by atoms with Crippen LogP contribution in [0.1, 0.15) is 25.0 Å². The Bertz CT molecular complexity index is 3150. The van der Waals surface area contributed by atoms with Crippen LogP contribution >= 0.6 is 11.3 Å². The van der Waals surface area contributed by atoms with Crippen molar-refractivity contribution in [1.29, 1.82) is 0 Å². The van der Waals surface area contributed by atoms with E-state index >= 15 is 0 Å². The lowest BCUT2D eigenvalue weighted by Crippen LogP contribution is -2.14. The van der Waals surface area contributed by atoms with Gasteiger partial charge in [0.2, 0.25) is 0 Å². The van der Waals surface area contributed by atoms with Crippen molar-refractivity contribution in [2.45, 2.75) is 19.3 Å². The molecule has 56 heavy (non-hydrogen) atoms. The summed E-state index contributed by atoms with van der Waals surface area (Å²) in [7, 11) is 0. The minimum Gasteiger partial charge on any atom is -0.228 e. The lowest BCUT2D eigenvalue weighted by molar-refractivity contribution is 0.661. The normalized spacial score (nSPS) is 13.0. The summed E-state index contributed by atoms with van der Waals surface area (Å²) in [4.78, 5) is 10.5. The van der Waals surface area contributed by atoms with Gasteiger partial charge < -0.3 is 0 Å². The van der Waals surface area contributed by atoms with E-state index in [4.69, 9.17) is 9.97 Å². The van der Waals surface area contributed by atoms with Gasteiger partial charge in [-0.1, -0.05) is 172 Å². The van der Waals surface area contributed by atoms with Gasteiger partial charge in [-0.25, -0.2) is 9.97 Å². The molecule has 0 aliphatic heterocycles. The monoisotopic (exact) mass is 732 g/mol. The molecule has 0 spiro atoms. The highest BCUT2D eigenvalue weighted by Crippen LogP contribution is 2.53. The Kier molecular flexibility index (Phi) is 7.42. The average Bonchev–Trinajstić information content (AvgIpc) is 3.75. The van der Waals surface area contributed by atoms with Crippen LogP contribution < -0.4 is 0 Å². The van der Waals surface area contributed by atoms with E-state index in [9.17, 15) is 0 Å². The highest BCUT2D eigenvalue weighted by Gasteiger charge is 2.37. The Morgan fingerprint density at radius 2 is 1.04 bits per heavy atom. The van der Waals surface area contributed by atoms with Crippen LogP contribution in [-0.2, 0) is 5.41 Å². The van der Waals surface area contributed by atoms with Crippen molar-refractivity contribution in [3.8, 4) is 67.3 Å². The molecule has 11 rings (SSSR count). The van der Waals surface area contributed by atoms with E-state index in [0.29, 0.717) is 0 Å². The summed E-state index contributed by atoms with van der Waals surface area (Å²) in [6.45, 7) is 4.69. The molecule has 264 valence electrons. The third-order valence-electron chi connectivity index (χ3n) is 11.7. The van der Waals surface area contributed by atoms with Gasteiger partial charge in [0, 0.05) is 47.8 Å². The summed E-state index contributed by atoms with van der Waals surface area (Å²) in [6.07, 6.45) is 0. The molecule has 10 aromatic rings. The molecule has 0 N–H and O–H groups in total. The van der Waals surface area contributed by atoms with Gasteiger partial charge >= 0.3 is 0 Å². The third-order valence-corrected chi connectivity index (χ3v) is 12.9. The Hall–Kier alpha value is -6.68. The fraction of sp³-hybridized carbons (Fsp3) is 0.0566. The van der Waals surface area contributed by atoms with Crippen LogP contribution in [0.15, 0.2) is 182 Å². The molecule has 1 aliphatic carbocycles. The second-order valence-electron chi connectivity index (χ2n) is 15.3. The summed E-state index contributed by atoms with van der Waals surface area (Å²) in [5.74, 6) is 0.720. The molecule has 0 amide bonds. The van der Waals surface area contributed by atoms with Gasteiger partial charge in [-0.05, 0) is 74.0 Å². The fourth-order valence-corrected chi connectivity index (χ4v) is 10.1. The molecule has 0 bridgehead atoms. The Morgan fingerprint density at radius 1 is 0.411 bits per heavy atom. The van der Waals surface area contributed by atoms with Gasteiger partial charge in [0.1, 0.15) is 0 Å². The van der Waals surface area contributed by atoms with Crippen molar-refractivity contribution in [3.63, 3.8) is 0 Å². The van der Waals surface area contributed by atoms with Crippen molar-refractivity contribution in [2.75, 3.05) is 0 Å². The summed E-state index contributed by atoms with van der Waals surface area (Å²) < 4.78 is 2.64. The molecule has 0 atom stereocenters. The molecule has 0 radical (unpaired) electrons. The first kappa shape index (κ1) is 32.7. The zero-order valence-corrected chi connectivity index (χ0v) is 31.9. The van der Waals surface area contributed by atoms with Crippen LogP contribution in [0.25, 0.3) is 98.2 Å². The molecule has 0 saturated carbocycles. The van der Waals surface area contributed by atoms with Gasteiger partial charge in [-0.3, -0.25) is 0 Å². The van der Waals surface area contributed by atoms with Crippen LogP contribution in [0.3, 0.4) is 0 Å². The van der Waals surface area contributed by atoms with Gasteiger partial charge in [0.05, 0.1) is 11.4 Å². The summed E-state index contributed by atoms with van der Waals surface area (Å²) in [5.41, 5.74) is 15.0. The fourth-order valence-electron chi connectivity index (χ4n) is 8.89. The average molecular weight is 733 g/mol. The largest absolute Gasteiger partial charge is 0.228 e. The second-order valence-corrected chi connectivity index (χ2v) is 16.4. The van der Waals surface area contributed by atoms with Crippen LogP contribution in [-0.4, -0.2) is 9.97 Å². The minimum atomic E-state index is -0.141. The third kappa shape index (κ3) is 5.16. The highest BCUT2D eigenvalue weighted by atomic mass is 32.1. The molecular weight excluding hydrogens is 697 g/mol. The van der Waals surface area contributed by atoms with Crippen LogP contribution in [0.4, 0.5) is 0 Å². The second kappa shape index (κ2) is 12.7. The molecular formula is C53H36N2S. The number of hydrogen-bond donors (Lipinski definition) is 0. The van der Waals surface area contributed by atoms with Crippen molar-refractivity contribution in [3.05, 3.63) is 193 Å². The molecule has 0 unspecified atom stereocenters. The summed E-state index contributed by atoms with van der Waals surface area (Å²) >= 11 is 1.88. The van der Waals surface area contributed by atoms with E-state index in [0.717, 1.165) is 33.9 Å². The van der Waals surface area contributed by atoms with E-state index < -0.39 is 0 Å². The Labute approximate surface area is 330 Å². The number of benzene rings is 8. The SMILES string of the molecule is CC1(C)c2cc3ccccc3cc2-c2c(-c3cc(-c4ccc(-c5ccccc5-c5cccc6c5sc5ccccc56)cc4)nc(-c4ccccc4)n3)cccc21. The molecule has 0 saturated heterocycles. The van der Waals surface area contributed by atoms with Crippen LogP contribution in [0.5, 0.6) is 0 Å².